The van der Waals surface area contributed by atoms with Crippen molar-refractivity contribution in [3.05, 3.63) is 51.2 Å². The number of amidine groups is 1. The van der Waals surface area contributed by atoms with Gasteiger partial charge >= 0.3 is 0 Å². The Labute approximate surface area is 103 Å². The van der Waals surface area contributed by atoms with Gasteiger partial charge in [0.25, 0.3) is 0 Å². The summed E-state index contributed by atoms with van der Waals surface area (Å²) in [6.45, 7) is 0. The maximum absolute atomic E-state index is 10.8. The Morgan fingerprint density at radius 3 is 3.00 bits per heavy atom. The van der Waals surface area contributed by atoms with Crippen molar-refractivity contribution in [3.8, 4) is 0 Å². The van der Waals surface area contributed by atoms with Crippen molar-refractivity contribution in [2.75, 3.05) is 0 Å². The number of carbonyl (C=O) groups excluding carboxylic acids is 1. The van der Waals surface area contributed by atoms with Crippen LogP contribution in [-0.4, -0.2) is 12.1 Å². The molecule has 0 spiro atoms. The first kappa shape index (κ1) is 10.2. The Hall–Kier alpha value is -1.94. The van der Waals surface area contributed by atoms with Crippen molar-refractivity contribution in [1.29, 1.82) is 0 Å². The number of fused-ring (bicyclic) bond motifs is 2. The van der Waals surface area contributed by atoms with E-state index in [2.05, 4.69) is 11.1 Å². The van der Waals surface area contributed by atoms with E-state index in [1.54, 1.807) is 17.4 Å². The van der Waals surface area contributed by atoms with Crippen LogP contribution in [0.15, 0.2) is 34.6 Å². The lowest BCUT2D eigenvalue weighted by Crippen LogP contribution is -2.11. The van der Waals surface area contributed by atoms with E-state index in [-0.39, 0.29) is 0 Å². The zero-order valence-electron chi connectivity index (χ0n) is 9.01. The van der Waals surface area contributed by atoms with Crippen LogP contribution in [0, 0.1) is 0 Å². The summed E-state index contributed by atoms with van der Waals surface area (Å²) in [7, 11) is 0. The SMILES string of the molecule is NC1=Nc2cc(C=O)ccc2Cc2ccsc21. The van der Waals surface area contributed by atoms with E-state index in [0.29, 0.717) is 11.4 Å². The number of nitrogens with two attached hydrogens (primary N) is 1. The maximum atomic E-state index is 10.8. The fourth-order valence-corrected chi connectivity index (χ4v) is 2.82. The van der Waals surface area contributed by atoms with Gasteiger partial charge in [-0.15, -0.1) is 11.3 Å². The zero-order chi connectivity index (χ0) is 11.8. The minimum absolute atomic E-state index is 0.539. The Morgan fingerprint density at radius 2 is 2.18 bits per heavy atom. The number of rotatable bonds is 1. The van der Waals surface area contributed by atoms with Crippen LogP contribution >= 0.6 is 11.3 Å². The van der Waals surface area contributed by atoms with Crippen LogP contribution in [0.1, 0.15) is 26.4 Å². The monoisotopic (exact) mass is 242 g/mol. The number of hydrogen-bond acceptors (Lipinski definition) is 4. The number of hydrogen-bond donors (Lipinski definition) is 1. The Kier molecular flexibility index (Phi) is 2.30. The first-order valence-electron chi connectivity index (χ1n) is 5.27. The highest BCUT2D eigenvalue weighted by Crippen LogP contribution is 2.30. The van der Waals surface area contributed by atoms with Gasteiger partial charge in [0, 0.05) is 12.0 Å². The van der Waals surface area contributed by atoms with E-state index in [1.807, 2.05) is 17.5 Å². The van der Waals surface area contributed by atoms with Gasteiger partial charge in [0.05, 0.1) is 10.6 Å². The summed E-state index contributed by atoms with van der Waals surface area (Å²) in [5.74, 6) is 0.539. The topological polar surface area (TPSA) is 55.4 Å². The molecule has 1 aromatic heterocycles. The van der Waals surface area contributed by atoms with E-state index < -0.39 is 0 Å². The van der Waals surface area contributed by atoms with Crippen LogP contribution in [0.25, 0.3) is 0 Å². The largest absolute Gasteiger partial charge is 0.382 e. The molecule has 0 radical (unpaired) electrons. The fraction of sp³-hybridized carbons (Fsp3) is 0.0769. The van der Waals surface area contributed by atoms with Gasteiger partial charge in [-0.05, 0) is 28.6 Å². The Balaban J connectivity index is 2.20. The summed E-state index contributed by atoms with van der Waals surface area (Å²) < 4.78 is 0. The fourth-order valence-electron chi connectivity index (χ4n) is 1.99. The highest BCUT2D eigenvalue weighted by Gasteiger charge is 2.15. The predicted octanol–water partition coefficient (Wildman–Crippen LogP) is 2.50. The molecule has 0 aliphatic carbocycles. The first-order chi connectivity index (χ1) is 8.28. The van der Waals surface area contributed by atoms with Gasteiger partial charge < -0.3 is 5.73 Å². The summed E-state index contributed by atoms with van der Waals surface area (Å²) in [6, 6.07) is 7.62. The lowest BCUT2D eigenvalue weighted by atomic mass is 10.0. The third kappa shape index (κ3) is 1.66. The molecule has 84 valence electrons. The molecule has 2 aromatic rings. The smallest absolute Gasteiger partial charge is 0.150 e. The van der Waals surface area contributed by atoms with Gasteiger partial charge in [0.2, 0.25) is 0 Å². The van der Waals surface area contributed by atoms with Gasteiger partial charge in [-0.1, -0.05) is 12.1 Å². The molecule has 1 aliphatic heterocycles. The highest BCUT2D eigenvalue weighted by atomic mass is 32.1. The second-order valence-corrected chi connectivity index (χ2v) is 4.87. The van der Waals surface area contributed by atoms with Crippen molar-refractivity contribution >= 4 is 29.1 Å². The molecule has 2 N–H and O–H groups in total. The minimum atomic E-state index is 0.539. The molecule has 0 saturated heterocycles. The van der Waals surface area contributed by atoms with Crippen molar-refractivity contribution < 1.29 is 4.79 Å². The van der Waals surface area contributed by atoms with Crippen LogP contribution in [0.3, 0.4) is 0 Å². The highest BCUT2D eigenvalue weighted by molar-refractivity contribution is 7.12. The standard InChI is InChI=1S/C13H10N2OS/c14-13-12-10(3-4-17-12)6-9-2-1-8(7-16)5-11(9)15-13/h1-5,7H,6H2,(H2,14,15). The number of carbonyl (C=O) groups is 1. The van der Waals surface area contributed by atoms with Gasteiger partial charge in [-0.2, -0.15) is 0 Å². The second-order valence-electron chi connectivity index (χ2n) is 3.95. The number of nitrogens with zero attached hydrogens (tertiary/aromatic N) is 1. The molecule has 1 aliphatic rings. The molecule has 0 unspecified atom stereocenters. The molecular weight excluding hydrogens is 232 g/mol. The van der Waals surface area contributed by atoms with Crippen LogP contribution in [0.5, 0.6) is 0 Å². The lowest BCUT2D eigenvalue weighted by molar-refractivity contribution is 0.112. The van der Waals surface area contributed by atoms with E-state index in [9.17, 15) is 4.79 Å². The summed E-state index contributed by atoms with van der Waals surface area (Å²) in [5, 5.41) is 2.03. The molecule has 3 rings (SSSR count). The summed E-state index contributed by atoms with van der Waals surface area (Å²) in [6.07, 6.45) is 1.64. The van der Waals surface area contributed by atoms with Crippen molar-refractivity contribution in [2.24, 2.45) is 10.7 Å². The first-order valence-corrected chi connectivity index (χ1v) is 6.15. The second kappa shape index (κ2) is 3.82. The van der Waals surface area contributed by atoms with E-state index in [0.717, 1.165) is 28.8 Å². The Morgan fingerprint density at radius 1 is 1.29 bits per heavy atom. The van der Waals surface area contributed by atoms with Crippen LogP contribution in [0.4, 0.5) is 5.69 Å². The predicted molar refractivity (Wildman–Crippen MR) is 69.3 cm³/mol. The van der Waals surface area contributed by atoms with Crippen molar-refractivity contribution in [3.63, 3.8) is 0 Å². The number of thiophene rings is 1. The molecule has 0 bridgehead atoms. The zero-order valence-corrected chi connectivity index (χ0v) is 9.83. The van der Waals surface area contributed by atoms with E-state index >= 15 is 0 Å². The summed E-state index contributed by atoms with van der Waals surface area (Å²) in [4.78, 5) is 16.2. The van der Waals surface area contributed by atoms with Crippen LogP contribution in [-0.2, 0) is 6.42 Å². The molecule has 0 saturated carbocycles. The maximum Gasteiger partial charge on any atom is 0.150 e. The molecule has 0 atom stereocenters. The molecule has 17 heavy (non-hydrogen) atoms. The van der Waals surface area contributed by atoms with E-state index in [1.165, 1.54) is 5.56 Å². The average Bonchev–Trinajstić information content (AvgIpc) is 2.75. The summed E-state index contributed by atoms with van der Waals surface area (Å²) in [5.41, 5.74) is 9.71. The number of benzene rings is 1. The number of aldehydes is 1. The minimum Gasteiger partial charge on any atom is -0.382 e. The van der Waals surface area contributed by atoms with Crippen LogP contribution in [0.2, 0.25) is 0 Å². The average molecular weight is 242 g/mol. The van der Waals surface area contributed by atoms with Gasteiger partial charge in [-0.25, -0.2) is 4.99 Å². The van der Waals surface area contributed by atoms with Crippen molar-refractivity contribution in [2.45, 2.75) is 6.42 Å². The third-order valence-electron chi connectivity index (χ3n) is 2.85. The van der Waals surface area contributed by atoms with Gasteiger partial charge in [-0.3, -0.25) is 4.79 Å². The molecule has 4 heteroatoms. The van der Waals surface area contributed by atoms with E-state index in [4.69, 9.17) is 5.73 Å². The van der Waals surface area contributed by atoms with Gasteiger partial charge in [0.15, 0.2) is 0 Å². The molecule has 2 heterocycles. The molecule has 0 amide bonds. The molecule has 0 fully saturated rings. The van der Waals surface area contributed by atoms with Gasteiger partial charge in [0.1, 0.15) is 12.1 Å². The van der Waals surface area contributed by atoms with Crippen molar-refractivity contribution in [1.82, 2.24) is 0 Å². The number of aliphatic imine (C=N–C) groups is 1. The normalized spacial score (nSPS) is 13.3. The van der Waals surface area contributed by atoms with Crippen LogP contribution < -0.4 is 5.73 Å². The Bertz CT molecular complexity index is 628. The third-order valence-corrected chi connectivity index (χ3v) is 3.83. The lowest BCUT2D eigenvalue weighted by Gasteiger charge is -2.02. The summed E-state index contributed by atoms with van der Waals surface area (Å²) >= 11 is 1.60. The molecule has 1 aromatic carbocycles. The quantitative estimate of drug-likeness (QED) is 0.781. The molecule has 3 nitrogen and oxygen atoms in total. The molecular formula is C13H10N2OS.